The summed E-state index contributed by atoms with van der Waals surface area (Å²) in [5.74, 6) is 1.91. The summed E-state index contributed by atoms with van der Waals surface area (Å²) in [6.07, 6.45) is 1.23. The predicted octanol–water partition coefficient (Wildman–Crippen LogP) is 1.74. The van der Waals surface area contributed by atoms with Crippen molar-refractivity contribution < 1.29 is 14.3 Å². The summed E-state index contributed by atoms with van der Waals surface area (Å²) in [5, 5.41) is 0. The third kappa shape index (κ3) is 1.40. The Morgan fingerprint density at radius 3 is 2.62 bits per heavy atom. The molecule has 0 N–H and O–H groups in total. The molecular formula is C13H10O3. The average Bonchev–Trinajstić information content (AvgIpc) is 2.51. The Morgan fingerprint density at radius 1 is 1.25 bits per heavy atom. The van der Waals surface area contributed by atoms with Crippen LogP contribution in [0.1, 0.15) is 33.2 Å². The van der Waals surface area contributed by atoms with Crippen LogP contribution in [0.2, 0.25) is 0 Å². The first-order valence-corrected chi connectivity index (χ1v) is 4.92. The van der Waals surface area contributed by atoms with Gasteiger partial charge in [-0.1, -0.05) is 24.1 Å². The van der Waals surface area contributed by atoms with E-state index < -0.39 is 6.10 Å². The lowest BCUT2D eigenvalue weighted by atomic mass is 10.0. The number of Topliss-reactive ketones (excluding diaryl/α,β-unsaturated/α-hetero) is 2. The van der Waals surface area contributed by atoms with Crippen LogP contribution in [0, 0.1) is 19.0 Å². The number of ether oxygens (including phenoxy) is 1. The molecule has 0 saturated heterocycles. The first-order valence-electron chi connectivity index (χ1n) is 4.92. The molecule has 0 heterocycles. The zero-order valence-electron chi connectivity index (χ0n) is 9.03. The van der Waals surface area contributed by atoms with E-state index in [9.17, 15) is 9.59 Å². The number of carbonyl (C=O) groups excluding carboxylic acids is 2. The van der Waals surface area contributed by atoms with E-state index in [2.05, 4.69) is 12.0 Å². The molecule has 0 spiro atoms. The standard InChI is InChI=1S/C13H10O3/c1-3-7-16-13-11(14)9-6-4-5-8(2)10(9)12(13)15/h4-6,13H,1-2H3. The van der Waals surface area contributed by atoms with Crippen molar-refractivity contribution in [2.24, 2.45) is 0 Å². The molecule has 1 unspecified atom stereocenters. The molecule has 0 aliphatic heterocycles. The Labute approximate surface area is 93.4 Å². The van der Waals surface area contributed by atoms with Crippen LogP contribution in [-0.4, -0.2) is 17.7 Å². The molecule has 1 aromatic carbocycles. The minimum Gasteiger partial charge on any atom is -0.426 e. The van der Waals surface area contributed by atoms with Crippen LogP contribution in [0.25, 0.3) is 0 Å². The van der Waals surface area contributed by atoms with Crippen molar-refractivity contribution in [2.45, 2.75) is 20.0 Å². The molecule has 1 atom stereocenters. The number of ketones is 2. The van der Waals surface area contributed by atoms with Crippen molar-refractivity contribution in [3.63, 3.8) is 0 Å². The Kier molecular flexibility index (Phi) is 2.49. The second kappa shape index (κ2) is 3.82. The number of fused-ring (bicyclic) bond motifs is 1. The lowest BCUT2D eigenvalue weighted by Gasteiger charge is -2.02. The van der Waals surface area contributed by atoms with E-state index in [-0.39, 0.29) is 11.6 Å². The lowest BCUT2D eigenvalue weighted by Crippen LogP contribution is -2.23. The van der Waals surface area contributed by atoms with Crippen molar-refractivity contribution in [3.8, 4) is 12.0 Å². The highest BCUT2D eigenvalue weighted by Crippen LogP contribution is 2.26. The molecule has 2 rings (SSSR count). The van der Waals surface area contributed by atoms with Crippen LogP contribution in [0.4, 0.5) is 0 Å². The second-order valence-corrected chi connectivity index (χ2v) is 3.58. The third-order valence-electron chi connectivity index (χ3n) is 2.54. The number of hydrogen-bond donors (Lipinski definition) is 0. The van der Waals surface area contributed by atoms with Crippen molar-refractivity contribution in [1.82, 2.24) is 0 Å². The Bertz CT molecular complexity index is 532. The minimum absolute atomic E-state index is 0.291. The van der Waals surface area contributed by atoms with Gasteiger partial charge in [-0.2, -0.15) is 0 Å². The van der Waals surface area contributed by atoms with Crippen LogP contribution in [0.3, 0.4) is 0 Å². The topological polar surface area (TPSA) is 43.4 Å². The summed E-state index contributed by atoms with van der Waals surface area (Å²) in [4.78, 5) is 23.8. The predicted molar refractivity (Wildman–Crippen MR) is 58.2 cm³/mol. The van der Waals surface area contributed by atoms with E-state index in [4.69, 9.17) is 4.74 Å². The summed E-state index contributed by atoms with van der Waals surface area (Å²) in [6.45, 7) is 3.39. The van der Waals surface area contributed by atoms with Crippen LogP contribution in [0.5, 0.6) is 0 Å². The van der Waals surface area contributed by atoms with Gasteiger partial charge >= 0.3 is 0 Å². The van der Waals surface area contributed by atoms with Gasteiger partial charge in [0.1, 0.15) is 6.11 Å². The van der Waals surface area contributed by atoms with E-state index >= 15 is 0 Å². The van der Waals surface area contributed by atoms with Gasteiger partial charge in [0.25, 0.3) is 0 Å². The highest BCUT2D eigenvalue weighted by atomic mass is 16.5. The Balaban J connectivity index is 2.47. The Morgan fingerprint density at radius 2 is 2.00 bits per heavy atom. The van der Waals surface area contributed by atoms with Gasteiger partial charge in [-0.3, -0.25) is 9.59 Å². The summed E-state index contributed by atoms with van der Waals surface area (Å²) in [6, 6.07) is 5.20. The van der Waals surface area contributed by atoms with Gasteiger partial charge in [-0.15, -0.1) is 0 Å². The molecule has 1 aromatic rings. The van der Waals surface area contributed by atoms with Crippen molar-refractivity contribution in [3.05, 3.63) is 34.9 Å². The van der Waals surface area contributed by atoms with E-state index in [1.54, 1.807) is 32.0 Å². The first-order chi connectivity index (χ1) is 7.66. The molecule has 3 nitrogen and oxygen atoms in total. The maximum atomic E-state index is 11.9. The molecule has 0 saturated carbocycles. The fourth-order valence-corrected chi connectivity index (χ4v) is 1.82. The maximum Gasteiger partial charge on any atom is 0.235 e. The molecule has 0 bridgehead atoms. The van der Waals surface area contributed by atoms with Crippen molar-refractivity contribution in [2.75, 3.05) is 0 Å². The fraction of sp³-hybridized carbons (Fsp3) is 0.231. The largest absolute Gasteiger partial charge is 0.426 e. The van der Waals surface area contributed by atoms with Crippen LogP contribution < -0.4 is 0 Å². The van der Waals surface area contributed by atoms with Gasteiger partial charge in [0.15, 0.2) is 0 Å². The number of hydrogen-bond acceptors (Lipinski definition) is 3. The van der Waals surface area contributed by atoms with E-state index in [1.165, 1.54) is 0 Å². The zero-order chi connectivity index (χ0) is 11.7. The number of aryl methyl sites for hydroxylation is 1. The lowest BCUT2D eigenvalue weighted by molar-refractivity contribution is 0.0659. The summed E-state index contributed by atoms with van der Waals surface area (Å²) in [7, 11) is 0. The number of benzene rings is 1. The highest BCUT2D eigenvalue weighted by molar-refractivity contribution is 6.29. The molecule has 16 heavy (non-hydrogen) atoms. The zero-order valence-corrected chi connectivity index (χ0v) is 9.03. The molecule has 1 aliphatic rings. The molecule has 3 heteroatoms. The van der Waals surface area contributed by atoms with Gasteiger partial charge in [-0.25, -0.2) is 0 Å². The van der Waals surface area contributed by atoms with Gasteiger partial charge in [0, 0.05) is 18.1 Å². The van der Waals surface area contributed by atoms with E-state index in [0.29, 0.717) is 11.1 Å². The average molecular weight is 214 g/mol. The molecule has 0 radical (unpaired) electrons. The van der Waals surface area contributed by atoms with Crippen LogP contribution in [0.15, 0.2) is 18.2 Å². The molecule has 1 aliphatic carbocycles. The molecule has 80 valence electrons. The van der Waals surface area contributed by atoms with E-state index in [0.717, 1.165) is 5.56 Å². The molecular weight excluding hydrogens is 204 g/mol. The van der Waals surface area contributed by atoms with Crippen LogP contribution in [-0.2, 0) is 4.74 Å². The summed E-state index contributed by atoms with van der Waals surface area (Å²) < 4.78 is 4.95. The minimum atomic E-state index is -1.08. The quantitative estimate of drug-likeness (QED) is 0.528. The fourth-order valence-electron chi connectivity index (χ4n) is 1.82. The van der Waals surface area contributed by atoms with Gasteiger partial charge in [-0.05, 0) is 12.5 Å². The summed E-state index contributed by atoms with van der Waals surface area (Å²) in [5.41, 5.74) is 1.70. The maximum absolute atomic E-state index is 11.9. The SMILES string of the molecule is CC#COC1C(=O)c2cccc(C)c2C1=O. The monoisotopic (exact) mass is 214 g/mol. The molecule has 0 amide bonds. The third-order valence-corrected chi connectivity index (χ3v) is 2.54. The molecule has 0 aromatic heterocycles. The highest BCUT2D eigenvalue weighted by Gasteiger charge is 2.40. The molecule has 0 fully saturated rings. The smallest absolute Gasteiger partial charge is 0.235 e. The second-order valence-electron chi connectivity index (χ2n) is 3.58. The van der Waals surface area contributed by atoms with Gasteiger partial charge < -0.3 is 4.74 Å². The normalized spacial score (nSPS) is 17.8. The number of carbonyl (C=O) groups is 2. The number of rotatable bonds is 1. The Hall–Kier alpha value is -2.08. The summed E-state index contributed by atoms with van der Waals surface area (Å²) >= 11 is 0. The first kappa shape index (κ1) is 10.4. The van der Waals surface area contributed by atoms with Gasteiger partial charge in [0.2, 0.25) is 17.7 Å². The van der Waals surface area contributed by atoms with Crippen molar-refractivity contribution in [1.29, 1.82) is 0 Å². The van der Waals surface area contributed by atoms with Crippen LogP contribution >= 0.6 is 0 Å². The van der Waals surface area contributed by atoms with E-state index in [1.807, 2.05) is 0 Å². The van der Waals surface area contributed by atoms with Gasteiger partial charge in [0.05, 0.1) is 0 Å². The van der Waals surface area contributed by atoms with Crippen molar-refractivity contribution >= 4 is 11.6 Å².